The average Bonchev–Trinajstić information content (AvgIpc) is 3.06. The largest absolute Gasteiger partial charge is 0.387 e. The Bertz CT molecular complexity index is 872. The molecule has 0 saturated carbocycles. The van der Waals surface area contributed by atoms with Crippen molar-refractivity contribution in [3.63, 3.8) is 0 Å². The molecule has 0 saturated heterocycles. The van der Waals surface area contributed by atoms with Crippen molar-refractivity contribution in [1.29, 1.82) is 0 Å². The Morgan fingerprint density at radius 2 is 0.857 bits per heavy atom. The maximum Gasteiger partial charge on any atom is 0.267 e. The molecular formula is C42H81NO5S. The monoisotopic (exact) mass is 712 g/mol. The first kappa shape index (κ1) is 47.8. The smallest absolute Gasteiger partial charge is 0.267 e. The molecule has 1 amide bonds. The van der Waals surface area contributed by atoms with E-state index in [0.717, 1.165) is 57.8 Å². The maximum atomic E-state index is 12.5. The number of amides is 1. The standard InChI is InChI=1S/C42H81NO5S/c1-3-5-7-9-11-13-15-17-19-20-21-22-23-24-25-27-29-31-33-35-37-41(44)40(39-49(46,47)48)43-42(45)38-36-34-32-30-28-26-18-16-14-12-10-8-6-4-2/h16,18,35,37,40-41,44H,3-15,17,19-34,36,38-39H2,1-2H3,(H,43,45)(H,46,47,48)/b18-16-,37-35+. The fourth-order valence-corrected chi connectivity index (χ4v) is 7.18. The first-order valence-corrected chi connectivity index (χ1v) is 22.6. The Balaban J connectivity index is 3.89. The highest BCUT2D eigenvalue weighted by molar-refractivity contribution is 7.85. The fraction of sp³-hybridized carbons (Fsp3) is 0.881. The Hall–Kier alpha value is -1.18. The van der Waals surface area contributed by atoms with Crippen LogP contribution in [0, 0.1) is 0 Å². The predicted octanol–water partition coefficient (Wildman–Crippen LogP) is 12.4. The molecule has 2 unspecified atom stereocenters. The highest BCUT2D eigenvalue weighted by Gasteiger charge is 2.24. The van der Waals surface area contributed by atoms with E-state index < -0.39 is 28.0 Å². The van der Waals surface area contributed by atoms with E-state index in [2.05, 4.69) is 31.3 Å². The van der Waals surface area contributed by atoms with Gasteiger partial charge < -0.3 is 10.4 Å². The van der Waals surface area contributed by atoms with E-state index in [1.165, 1.54) is 141 Å². The summed E-state index contributed by atoms with van der Waals surface area (Å²) in [5.74, 6) is -0.984. The molecule has 49 heavy (non-hydrogen) atoms. The Labute approximate surface area is 304 Å². The molecule has 0 spiro atoms. The van der Waals surface area contributed by atoms with Crippen molar-refractivity contribution in [1.82, 2.24) is 5.32 Å². The van der Waals surface area contributed by atoms with Crippen molar-refractivity contribution in [3.05, 3.63) is 24.3 Å². The van der Waals surface area contributed by atoms with Gasteiger partial charge in [0.15, 0.2) is 0 Å². The van der Waals surface area contributed by atoms with Crippen LogP contribution in [0.4, 0.5) is 0 Å². The summed E-state index contributed by atoms with van der Waals surface area (Å²) >= 11 is 0. The molecular weight excluding hydrogens is 631 g/mol. The number of nitrogens with one attached hydrogen (secondary N) is 1. The van der Waals surface area contributed by atoms with E-state index in [9.17, 15) is 22.9 Å². The molecule has 290 valence electrons. The number of hydrogen-bond donors (Lipinski definition) is 3. The third-order valence-corrected chi connectivity index (χ3v) is 10.4. The Kier molecular flexibility index (Phi) is 35.7. The van der Waals surface area contributed by atoms with Crippen LogP contribution in [0.25, 0.3) is 0 Å². The van der Waals surface area contributed by atoms with Crippen LogP contribution in [-0.4, -0.2) is 41.9 Å². The molecule has 0 fully saturated rings. The lowest BCUT2D eigenvalue weighted by Gasteiger charge is -2.21. The number of unbranched alkanes of at least 4 members (excludes halogenated alkanes) is 28. The summed E-state index contributed by atoms with van der Waals surface area (Å²) in [4.78, 5) is 12.5. The van der Waals surface area contributed by atoms with Crippen molar-refractivity contribution in [3.8, 4) is 0 Å². The van der Waals surface area contributed by atoms with Crippen LogP contribution in [0.1, 0.15) is 219 Å². The number of aliphatic hydroxyl groups excluding tert-OH is 1. The summed E-state index contributed by atoms with van der Waals surface area (Å²) in [7, 11) is -4.34. The molecule has 6 nitrogen and oxygen atoms in total. The minimum absolute atomic E-state index is 0.286. The first-order chi connectivity index (χ1) is 23.8. The highest BCUT2D eigenvalue weighted by atomic mass is 32.2. The van der Waals surface area contributed by atoms with Crippen molar-refractivity contribution >= 4 is 16.0 Å². The quantitative estimate of drug-likeness (QED) is 0.0336. The molecule has 0 bridgehead atoms. The maximum absolute atomic E-state index is 12.5. The topological polar surface area (TPSA) is 104 Å². The number of carbonyl (C=O) groups is 1. The van der Waals surface area contributed by atoms with Crippen LogP contribution in [-0.2, 0) is 14.9 Å². The molecule has 7 heteroatoms. The average molecular weight is 712 g/mol. The minimum Gasteiger partial charge on any atom is -0.387 e. The van der Waals surface area contributed by atoms with Gasteiger partial charge in [-0.2, -0.15) is 8.42 Å². The number of aliphatic hydroxyl groups is 1. The van der Waals surface area contributed by atoms with Crippen molar-refractivity contribution in [2.45, 2.75) is 231 Å². The molecule has 0 aliphatic rings. The normalized spacial score (nSPS) is 13.5. The number of allylic oxidation sites excluding steroid dienone is 3. The van der Waals surface area contributed by atoms with Gasteiger partial charge in [0, 0.05) is 6.42 Å². The lowest BCUT2D eigenvalue weighted by Crippen LogP contribution is -2.46. The lowest BCUT2D eigenvalue weighted by atomic mass is 10.0. The van der Waals surface area contributed by atoms with Crippen molar-refractivity contribution < 1.29 is 22.9 Å². The molecule has 0 aromatic heterocycles. The van der Waals surface area contributed by atoms with Gasteiger partial charge in [0.25, 0.3) is 10.1 Å². The second kappa shape index (κ2) is 36.6. The van der Waals surface area contributed by atoms with Gasteiger partial charge in [-0.1, -0.05) is 192 Å². The first-order valence-electron chi connectivity index (χ1n) is 21.0. The molecule has 0 aliphatic heterocycles. The van der Waals surface area contributed by atoms with Crippen LogP contribution in [0.15, 0.2) is 24.3 Å². The molecule has 2 atom stereocenters. The van der Waals surface area contributed by atoms with E-state index in [1.807, 2.05) is 6.08 Å². The summed E-state index contributed by atoms with van der Waals surface area (Å²) in [6.07, 6.45) is 45.9. The van der Waals surface area contributed by atoms with Gasteiger partial charge in [0.1, 0.15) is 0 Å². The number of carbonyl (C=O) groups excluding carboxylic acids is 1. The van der Waals surface area contributed by atoms with E-state index in [0.29, 0.717) is 0 Å². The third kappa shape index (κ3) is 37.9. The number of hydrogen-bond acceptors (Lipinski definition) is 4. The van der Waals surface area contributed by atoms with Crippen LogP contribution in [0.5, 0.6) is 0 Å². The fourth-order valence-electron chi connectivity index (χ4n) is 6.44. The number of rotatable bonds is 38. The second-order valence-electron chi connectivity index (χ2n) is 14.6. The van der Waals surface area contributed by atoms with E-state index in [4.69, 9.17) is 0 Å². The van der Waals surface area contributed by atoms with Gasteiger partial charge in [-0.15, -0.1) is 0 Å². The molecule has 0 heterocycles. The van der Waals surface area contributed by atoms with Gasteiger partial charge in [0.05, 0.1) is 17.9 Å². The van der Waals surface area contributed by atoms with Gasteiger partial charge in [0.2, 0.25) is 5.91 Å². The summed E-state index contributed by atoms with van der Waals surface area (Å²) in [5.41, 5.74) is 0. The summed E-state index contributed by atoms with van der Waals surface area (Å²) < 4.78 is 32.5. The van der Waals surface area contributed by atoms with Crippen LogP contribution < -0.4 is 5.32 Å². The zero-order valence-electron chi connectivity index (χ0n) is 32.3. The molecule has 0 aliphatic carbocycles. The minimum atomic E-state index is -4.34. The van der Waals surface area contributed by atoms with Crippen LogP contribution in [0.3, 0.4) is 0 Å². The van der Waals surface area contributed by atoms with Gasteiger partial charge in [-0.3, -0.25) is 9.35 Å². The summed E-state index contributed by atoms with van der Waals surface area (Å²) in [6, 6.07) is -1.06. The van der Waals surface area contributed by atoms with E-state index >= 15 is 0 Å². The van der Waals surface area contributed by atoms with Crippen LogP contribution in [0.2, 0.25) is 0 Å². The van der Waals surface area contributed by atoms with Crippen molar-refractivity contribution in [2.24, 2.45) is 0 Å². The zero-order valence-corrected chi connectivity index (χ0v) is 33.1. The molecule has 0 aromatic carbocycles. The SMILES string of the molecule is CCCCCCC/C=C\CCCCCCCC(=O)NC(CS(=O)(=O)O)C(O)/C=C/CCCCCCCCCCCCCCCCCCCC. The van der Waals surface area contributed by atoms with Gasteiger partial charge in [-0.05, 0) is 44.9 Å². The molecule has 0 rings (SSSR count). The van der Waals surface area contributed by atoms with Crippen molar-refractivity contribution in [2.75, 3.05) is 5.75 Å². The van der Waals surface area contributed by atoms with Crippen LogP contribution >= 0.6 is 0 Å². The van der Waals surface area contributed by atoms with E-state index in [-0.39, 0.29) is 12.3 Å². The lowest BCUT2D eigenvalue weighted by molar-refractivity contribution is -0.122. The highest BCUT2D eigenvalue weighted by Crippen LogP contribution is 2.15. The molecule has 0 aromatic rings. The van der Waals surface area contributed by atoms with E-state index in [1.54, 1.807) is 6.08 Å². The predicted molar refractivity (Wildman–Crippen MR) is 212 cm³/mol. The second-order valence-corrected chi connectivity index (χ2v) is 16.1. The summed E-state index contributed by atoms with van der Waals surface area (Å²) in [5, 5.41) is 13.2. The molecule has 0 radical (unpaired) electrons. The molecule has 3 N–H and O–H groups in total. The third-order valence-electron chi connectivity index (χ3n) is 9.62. The van der Waals surface area contributed by atoms with Gasteiger partial charge in [-0.25, -0.2) is 0 Å². The van der Waals surface area contributed by atoms with Gasteiger partial charge >= 0.3 is 0 Å². The Morgan fingerprint density at radius 3 is 1.22 bits per heavy atom. The Morgan fingerprint density at radius 1 is 0.531 bits per heavy atom. The zero-order chi connectivity index (χ0) is 36.1. The summed E-state index contributed by atoms with van der Waals surface area (Å²) in [6.45, 7) is 4.52.